The van der Waals surface area contributed by atoms with Gasteiger partial charge in [-0.3, -0.25) is 9.59 Å². The van der Waals surface area contributed by atoms with Gasteiger partial charge in [0, 0.05) is 63.9 Å². The Kier molecular flexibility index (Phi) is 10.6. The van der Waals surface area contributed by atoms with Gasteiger partial charge in [-0.1, -0.05) is 84.9 Å². The van der Waals surface area contributed by atoms with Crippen LogP contribution in [-0.2, 0) is 19.1 Å². The zero-order valence-electron chi connectivity index (χ0n) is 31.1. The number of carbonyl (C=O) groups is 2. The van der Waals surface area contributed by atoms with Crippen molar-refractivity contribution in [3.63, 3.8) is 0 Å². The third-order valence-electron chi connectivity index (χ3n) is 10.9. The molecule has 11 nitrogen and oxygen atoms in total. The number of amides is 2. The minimum Gasteiger partial charge on any atom is -0.367 e. The molecule has 2 amide bonds. The summed E-state index contributed by atoms with van der Waals surface area (Å²) >= 11 is 0. The van der Waals surface area contributed by atoms with Crippen LogP contribution in [0, 0.1) is 5.92 Å². The molecule has 4 heterocycles. The zero-order valence-corrected chi connectivity index (χ0v) is 31.1. The molecule has 6 aromatic rings. The monoisotopic (exact) mass is 735 g/mol. The van der Waals surface area contributed by atoms with Crippen LogP contribution in [-0.4, -0.2) is 81.9 Å². The van der Waals surface area contributed by atoms with E-state index < -0.39 is 12.2 Å². The van der Waals surface area contributed by atoms with Gasteiger partial charge in [0.05, 0.1) is 17.9 Å². The molecule has 2 saturated heterocycles. The average Bonchev–Trinajstić information content (AvgIpc) is 4.03. The van der Waals surface area contributed by atoms with Gasteiger partial charge in [-0.25, -0.2) is 15.0 Å². The molecule has 2 fully saturated rings. The SMILES string of the molecule is CO[C@H](C(=O)N1CC[C@H](CNc2ncc(-c3ccc4cc(-c5cnc([C@@H]6CCCN6C(=O)[C@@H](OC)c6ccccc6)[nH]5)ccc4c3)cn2)C1)c1ccccc1. The number of carbonyl (C=O) groups excluding carboxylic acids is 2. The van der Waals surface area contributed by atoms with Crippen molar-refractivity contribution in [3.8, 4) is 22.4 Å². The van der Waals surface area contributed by atoms with Gasteiger partial charge >= 0.3 is 0 Å². The molecule has 2 aliphatic heterocycles. The minimum atomic E-state index is -0.647. The minimum absolute atomic E-state index is 0.0000182. The van der Waals surface area contributed by atoms with Crippen molar-refractivity contribution < 1.29 is 19.1 Å². The van der Waals surface area contributed by atoms with E-state index in [1.165, 1.54) is 0 Å². The van der Waals surface area contributed by atoms with E-state index in [1.807, 2.05) is 89.1 Å². The Morgan fingerprint density at radius 3 is 2.05 bits per heavy atom. The van der Waals surface area contributed by atoms with Crippen molar-refractivity contribution in [2.45, 2.75) is 37.5 Å². The molecule has 2 N–H and O–H groups in total. The van der Waals surface area contributed by atoms with Gasteiger partial charge in [-0.05, 0) is 64.8 Å². The largest absolute Gasteiger partial charge is 0.367 e. The number of likely N-dealkylation sites (tertiary alicyclic amines) is 2. The molecular formula is C44H45N7O4. The van der Waals surface area contributed by atoms with Crippen molar-refractivity contribution in [1.29, 1.82) is 0 Å². The molecule has 0 bridgehead atoms. The van der Waals surface area contributed by atoms with Crippen LogP contribution < -0.4 is 5.32 Å². The van der Waals surface area contributed by atoms with Crippen LogP contribution in [0.5, 0.6) is 0 Å². The number of methoxy groups -OCH3 is 2. The van der Waals surface area contributed by atoms with E-state index in [0.29, 0.717) is 38.0 Å². The molecule has 0 unspecified atom stereocenters. The number of anilines is 1. The Hall–Kier alpha value is -5.91. The smallest absolute Gasteiger partial charge is 0.256 e. The molecule has 2 aliphatic rings. The second kappa shape index (κ2) is 16.2. The van der Waals surface area contributed by atoms with Gasteiger partial charge in [0.1, 0.15) is 5.82 Å². The summed E-state index contributed by atoms with van der Waals surface area (Å²) in [6.07, 6.45) is 6.97. The number of imidazole rings is 1. The summed E-state index contributed by atoms with van der Waals surface area (Å²) in [7, 11) is 3.17. The Morgan fingerprint density at radius 2 is 1.38 bits per heavy atom. The first-order chi connectivity index (χ1) is 27.0. The van der Waals surface area contributed by atoms with Gasteiger partial charge < -0.3 is 29.6 Å². The van der Waals surface area contributed by atoms with E-state index >= 15 is 0 Å². The van der Waals surface area contributed by atoms with Crippen LogP contribution in [0.3, 0.4) is 0 Å². The maximum absolute atomic E-state index is 13.6. The Bertz CT molecular complexity index is 2250. The number of aromatic amines is 1. The lowest BCUT2D eigenvalue weighted by Gasteiger charge is -2.27. The topological polar surface area (TPSA) is 126 Å². The van der Waals surface area contributed by atoms with E-state index in [4.69, 9.17) is 14.5 Å². The van der Waals surface area contributed by atoms with Crippen LogP contribution in [0.25, 0.3) is 33.2 Å². The third-order valence-corrected chi connectivity index (χ3v) is 10.9. The highest BCUT2D eigenvalue weighted by atomic mass is 16.5. The van der Waals surface area contributed by atoms with Gasteiger partial charge in [0.15, 0.2) is 12.2 Å². The molecular weight excluding hydrogens is 691 g/mol. The number of fused-ring (bicyclic) bond motifs is 1. The Balaban J connectivity index is 0.882. The molecule has 11 heteroatoms. The van der Waals surface area contributed by atoms with E-state index in [1.54, 1.807) is 14.2 Å². The number of benzene rings is 4. The molecule has 4 aromatic carbocycles. The Labute approximate surface area is 320 Å². The number of hydrogen-bond donors (Lipinski definition) is 2. The first kappa shape index (κ1) is 36.1. The Morgan fingerprint density at radius 1 is 0.745 bits per heavy atom. The van der Waals surface area contributed by atoms with Gasteiger partial charge in [0.2, 0.25) is 5.95 Å². The van der Waals surface area contributed by atoms with Crippen LogP contribution in [0.4, 0.5) is 5.95 Å². The summed E-state index contributed by atoms with van der Waals surface area (Å²) in [6, 6.07) is 31.9. The third kappa shape index (κ3) is 7.71. The predicted octanol–water partition coefficient (Wildman–Crippen LogP) is 7.39. The fraction of sp³-hybridized carbons (Fsp3) is 0.295. The molecule has 0 spiro atoms. The second-order valence-electron chi connectivity index (χ2n) is 14.3. The molecule has 8 rings (SSSR count). The average molecular weight is 736 g/mol. The van der Waals surface area contributed by atoms with Crippen LogP contribution in [0.15, 0.2) is 116 Å². The highest BCUT2D eigenvalue weighted by Gasteiger charge is 2.36. The highest BCUT2D eigenvalue weighted by molar-refractivity contribution is 5.90. The van der Waals surface area contributed by atoms with E-state index in [2.05, 4.69) is 56.7 Å². The maximum Gasteiger partial charge on any atom is 0.256 e. The van der Waals surface area contributed by atoms with Crippen LogP contribution in [0.2, 0.25) is 0 Å². The fourth-order valence-corrected chi connectivity index (χ4v) is 7.89. The second-order valence-corrected chi connectivity index (χ2v) is 14.3. The molecule has 2 aromatic heterocycles. The van der Waals surface area contributed by atoms with E-state index in [-0.39, 0.29) is 17.9 Å². The number of nitrogens with one attached hydrogen (secondary N) is 2. The van der Waals surface area contributed by atoms with E-state index in [9.17, 15) is 9.59 Å². The van der Waals surface area contributed by atoms with Crippen molar-refractivity contribution in [3.05, 3.63) is 133 Å². The first-order valence-corrected chi connectivity index (χ1v) is 18.9. The van der Waals surface area contributed by atoms with Gasteiger partial charge in [-0.2, -0.15) is 0 Å². The standard InChI is InChI=1S/C44H45N7O4/c1-54-39(30-10-5-3-6-11-30)42(52)50-21-19-29(28-50)24-46-44-47-25-36(26-48-44)34-16-15-33-23-35(18-17-32(33)22-34)37-27-45-41(49-37)38-14-9-20-51(38)43(53)40(55-2)31-12-7-4-8-13-31/h3-8,10-13,15-18,22-23,25-27,29,38-40H,9,14,19-21,24,28H2,1-2H3,(H,45,49)(H,46,47,48)/t29-,38+,39+,40+/m1/s1. The summed E-state index contributed by atoms with van der Waals surface area (Å²) in [5.41, 5.74) is 5.61. The predicted molar refractivity (Wildman–Crippen MR) is 212 cm³/mol. The fourth-order valence-electron chi connectivity index (χ4n) is 7.89. The summed E-state index contributed by atoms with van der Waals surface area (Å²) in [6.45, 7) is 2.73. The lowest BCUT2D eigenvalue weighted by atomic mass is 10.0. The summed E-state index contributed by atoms with van der Waals surface area (Å²) in [5, 5.41) is 5.57. The van der Waals surface area contributed by atoms with Crippen LogP contribution >= 0.6 is 0 Å². The maximum atomic E-state index is 13.6. The number of hydrogen-bond acceptors (Lipinski definition) is 8. The quantitative estimate of drug-likeness (QED) is 0.133. The summed E-state index contributed by atoms with van der Waals surface area (Å²) in [5.74, 6) is 1.61. The van der Waals surface area contributed by atoms with Crippen molar-refractivity contribution in [1.82, 2.24) is 29.7 Å². The number of rotatable bonds is 12. The normalized spacial score (nSPS) is 18.1. The first-order valence-electron chi connectivity index (χ1n) is 18.9. The zero-order chi connectivity index (χ0) is 37.7. The number of H-pyrrole nitrogens is 1. The van der Waals surface area contributed by atoms with Crippen molar-refractivity contribution >= 4 is 28.5 Å². The number of aromatic nitrogens is 4. The van der Waals surface area contributed by atoms with Crippen molar-refractivity contribution in [2.24, 2.45) is 5.92 Å². The molecule has 0 radical (unpaired) electrons. The van der Waals surface area contributed by atoms with Gasteiger partial charge in [-0.15, -0.1) is 0 Å². The van der Waals surface area contributed by atoms with Crippen molar-refractivity contribution in [2.75, 3.05) is 45.7 Å². The lowest BCUT2D eigenvalue weighted by molar-refractivity contribution is -0.143. The molecule has 4 atom stereocenters. The number of nitrogens with zero attached hydrogens (tertiary/aromatic N) is 5. The summed E-state index contributed by atoms with van der Waals surface area (Å²) in [4.78, 5) is 48.1. The molecule has 280 valence electrons. The highest BCUT2D eigenvalue weighted by Crippen LogP contribution is 2.35. The van der Waals surface area contributed by atoms with E-state index in [0.717, 1.165) is 69.4 Å². The molecule has 0 saturated carbocycles. The van der Waals surface area contributed by atoms with Crippen LogP contribution in [0.1, 0.15) is 54.5 Å². The summed E-state index contributed by atoms with van der Waals surface area (Å²) < 4.78 is 11.2. The lowest BCUT2D eigenvalue weighted by Crippen LogP contribution is -2.35. The molecule has 0 aliphatic carbocycles. The molecule has 55 heavy (non-hydrogen) atoms. The number of ether oxygens (including phenoxy) is 2. The van der Waals surface area contributed by atoms with Gasteiger partial charge in [0.25, 0.3) is 11.8 Å².